The topological polar surface area (TPSA) is 73.6 Å². The van der Waals surface area contributed by atoms with Crippen LogP contribution >= 0.6 is 0 Å². The summed E-state index contributed by atoms with van der Waals surface area (Å²) >= 11 is 0. The molecule has 0 aliphatic carbocycles. The molecule has 1 N–H and O–H groups in total. The molecule has 0 atom stereocenters. The third-order valence-corrected chi connectivity index (χ3v) is 4.69. The van der Waals surface area contributed by atoms with Gasteiger partial charge in [0, 0.05) is 23.9 Å². The first-order valence-electron chi connectivity index (χ1n) is 9.60. The maximum absolute atomic E-state index is 12.6. The van der Waals surface area contributed by atoms with Crippen molar-refractivity contribution in [1.82, 2.24) is 9.55 Å². The first kappa shape index (κ1) is 19.9. The van der Waals surface area contributed by atoms with Crippen LogP contribution in [-0.4, -0.2) is 34.0 Å². The standard InChI is InChI=1S/C22H26N2O4/c1-3-4-13-27-22(26)24-16(2)19(10-12-25)20-14-18(8-9-21(20)24)28-15-17-7-5-6-11-23-17/h5-9,11,14,25H,3-4,10,12-13,15H2,1-2H3. The summed E-state index contributed by atoms with van der Waals surface area (Å²) in [5.41, 5.74) is 3.31. The molecule has 0 unspecified atom stereocenters. The smallest absolute Gasteiger partial charge is 0.418 e. The third-order valence-electron chi connectivity index (χ3n) is 4.69. The van der Waals surface area contributed by atoms with Gasteiger partial charge >= 0.3 is 6.09 Å². The predicted octanol–water partition coefficient (Wildman–Crippen LogP) is 4.24. The van der Waals surface area contributed by atoms with Crippen molar-refractivity contribution in [2.24, 2.45) is 0 Å². The fraction of sp³-hybridized carbons (Fsp3) is 0.364. The number of unbranched alkanes of at least 4 members (excludes halogenated alkanes) is 1. The van der Waals surface area contributed by atoms with Crippen LogP contribution in [0.25, 0.3) is 10.9 Å². The minimum absolute atomic E-state index is 0.00383. The monoisotopic (exact) mass is 382 g/mol. The number of hydrogen-bond donors (Lipinski definition) is 1. The second kappa shape index (κ2) is 9.37. The van der Waals surface area contributed by atoms with E-state index in [1.807, 2.05) is 43.3 Å². The number of benzene rings is 1. The average Bonchev–Trinajstić information content (AvgIpc) is 2.99. The summed E-state index contributed by atoms with van der Waals surface area (Å²) < 4.78 is 12.9. The second-order valence-electron chi connectivity index (χ2n) is 6.63. The summed E-state index contributed by atoms with van der Waals surface area (Å²) in [7, 11) is 0. The lowest BCUT2D eigenvalue weighted by Crippen LogP contribution is -2.16. The summed E-state index contributed by atoms with van der Waals surface area (Å²) in [4.78, 5) is 16.9. The van der Waals surface area contributed by atoms with Gasteiger partial charge in [0.05, 0.1) is 17.8 Å². The van der Waals surface area contributed by atoms with Crippen LogP contribution < -0.4 is 4.74 Å². The van der Waals surface area contributed by atoms with Gasteiger partial charge < -0.3 is 14.6 Å². The van der Waals surface area contributed by atoms with Crippen molar-refractivity contribution in [2.45, 2.75) is 39.7 Å². The molecule has 0 radical (unpaired) electrons. The fourth-order valence-corrected chi connectivity index (χ4v) is 3.22. The predicted molar refractivity (Wildman–Crippen MR) is 108 cm³/mol. The quantitative estimate of drug-likeness (QED) is 0.590. The summed E-state index contributed by atoms with van der Waals surface area (Å²) in [5, 5.41) is 10.4. The number of carbonyl (C=O) groups excluding carboxylic acids is 1. The van der Waals surface area contributed by atoms with Crippen LogP contribution in [0.4, 0.5) is 4.79 Å². The number of rotatable bonds is 8. The highest BCUT2D eigenvalue weighted by atomic mass is 16.5. The molecule has 3 rings (SSSR count). The molecule has 2 heterocycles. The Kier molecular flexibility index (Phi) is 6.66. The van der Waals surface area contributed by atoms with E-state index in [2.05, 4.69) is 11.9 Å². The molecule has 0 fully saturated rings. The van der Waals surface area contributed by atoms with Gasteiger partial charge in [-0.25, -0.2) is 9.36 Å². The molecule has 3 aromatic rings. The molecule has 1 aromatic carbocycles. The van der Waals surface area contributed by atoms with Gasteiger partial charge in [0.25, 0.3) is 0 Å². The number of hydrogen-bond acceptors (Lipinski definition) is 5. The van der Waals surface area contributed by atoms with Gasteiger partial charge in [0.2, 0.25) is 0 Å². The van der Waals surface area contributed by atoms with Crippen molar-refractivity contribution in [3.05, 3.63) is 59.5 Å². The highest BCUT2D eigenvalue weighted by Gasteiger charge is 2.20. The van der Waals surface area contributed by atoms with Gasteiger partial charge in [0.15, 0.2) is 0 Å². The van der Waals surface area contributed by atoms with E-state index in [9.17, 15) is 9.90 Å². The molecular formula is C22H26N2O4. The Morgan fingerprint density at radius 1 is 1.25 bits per heavy atom. The van der Waals surface area contributed by atoms with Crippen LogP contribution in [0.15, 0.2) is 42.6 Å². The number of aliphatic hydroxyl groups is 1. The van der Waals surface area contributed by atoms with Crippen molar-refractivity contribution in [1.29, 1.82) is 0 Å². The summed E-state index contributed by atoms with van der Waals surface area (Å²) in [6.45, 7) is 4.69. The van der Waals surface area contributed by atoms with Crippen molar-refractivity contribution >= 4 is 17.0 Å². The molecule has 0 aliphatic rings. The molecule has 0 saturated heterocycles. The van der Waals surface area contributed by atoms with E-state index in [0.29, 0.717) is 25.4 Å². The normalized spacial score (nSPS) is 11.0. The van der Waals surface area contributed by atoms with E-state index < -0.39 is 0 Å². The van der Waals surface area contributed by atoms with Gasteiger partial charge in [-0.3, -0.25) is 4.98 Å². The number of aliphatic hydroxyl groups excluding tert-OH is 1. The van der Waals surface area contributed by atoms with Crippen molar-refractivity contribution in [3.8, 4) is 5.75 Å². The van der Waals surface area contributed by atoms with Crippen LogP contribution in [0.3, 0.4) is 0 Å². The molecule has 0 aliphatic heterocycles. The molecule has 0 spiro atoms. The molecular weight excluding hydrogens is 356 g/mol. The number of carbonyl (C=O) groups is 1. The lowest BCUT2D eigenvalue weighted by Gasteiger charge is -2.09. The Bertz CT molecular complexity index is 935. The second-order valence-corrected chi connectivity index (χ2v) is 6.63. The zero-order chi connectivity index (χ0) is 19.9. The van der Waals surface area contributed by atoms with Gasteiger partial charge in [-0.1, -0.05) is 19.4 Å². The first-order chi connectivity index (χ1) is 13.7. The van der Waals surface area contributed by atoms with E-state index in [4.69, 9.17) is 9.47 Å². The summed E-state index contributed by atoms with van der Waals surface area (Å²) in [6, 6.07) is 11.3. The van der Waals surface area contributed by atoms with E-state index in [-0.39, 0.29) is 12.7 Å². The SMILES string of the molecule is CCCCOC(=O)n1c(C)c(CCO)c2cc(OCc3ccccn3)ccc21. The summed E-state index contributed by atoms with van der Waals surface area (Å²) in [6.07, 6.45) is 3.60. The Morgan fingerprint density at radius 2 is 2.11 bits per heavy atom. The Morgan fingerprint density at radius 3 is 2.82 bits per heavy atom. The Balaban J connectivity index is 1.90. The van der Waals surface area contributed by atoms with Crippen LogP contribution in [0.1, 0.15) is 36.7 Å². The molecule has 148 valence electrons. The van der Waals surface area contributed by atoms with E-state index in [1.165, 1.54) is 0 Å². The van der Waals surface area contributed by atoms with Crippen LogP contribution in [-0.2, 0) is 17.8 Å². The average molecular weight is 382 g/mol. The zero-order valence-electron chi connectivity index (χ0n) is 16.4. The minimum atomic E-state index is -0.387. The molecule has 0 bridgehead atoms. The lowest BCUT2D eigenvalue weighted by atomic mass is 10.1. The number of nitrogens with zero attached hydrogens (tertiary/aromatic N) is 2. The Labute approximate surface area is 164 Å². The maximum Gasteiger partial charge on any atom is 0.418 e. The van der Waals surface area contributed by atoms with E-state index in [0.717, 1.165) is 40.7 Å². The van der Waals surface area contributed by atoms with Crippen LogP contribution in [0.5, 0.6) is 5.75 Å². The van der Waals surface area contributed by atoms with Crippen LogP contribution in [0, 0.1) is 6.92 Å². The number of ether oxygens (including phenoxy) is 2. The molecule has 0 saturated carbocycles. The highest BCUT2D eigenvalue weighted by molar-refractivity contribution is 5.94. The Hall–Kier alpha value is -2.86. The lowest BCUT2D eigenvalue weighted by molar-refractivity contribution is 0.147. The highest BCUT2D eigenvalue weighted by Crippen LogP contribution is 2.30. The molecule has 28 heavy (non-hydrogen) atoms. The summed E-state index contributed by atoms with van der Waals surface area (Å²) in [5.74, 6) is 0.689. The van der Waals surface area contributed by atoms with Gasteiger partial charge in [-0.2, -0.15) is 0 Å². The number of fused-ring (bicyclic) bond motifs is 1. The molecule has 2 aromatic heterocycles. The van der Waals surface area contributed by atoms with Gasteiger partial charge in [0.1, 0.15) is 12.4 Å². The molecule has 6 heteroatoms. The van der Waals surface area contributed by atoms with Crippen molar-refractivity contribution in [2.75, 3.05) is 13.2 Å². The molecule has 6 nitrogen and oxygen atoms in total. The maximum atomic E-state index is 12.6. The first-order valence-corrected chi connectivity index (χ1v) is 9.60. The van der Waals surface area contributed by atoms with E-state index >= 15 is 0 Å². The van der Waals surface area contributed by atoms with E-state index in [1.54, 1.807) is 10.8 Å². The van der Waals surface area contributed by atoms with Crippen molar-refractivity contribution < 1.29 is 19.4 Å². The molecule has 0 amide bonds. The van der Waals surface area contributed by atoms with Crippen molar-refractivity contribution in [3.63, 3.8) is 0 Å². The van der Waals surface area contributed by atoms with Gasteiger partial charge in [-0.15, -0.1) is 0 Å². The van der Waals surface area contributed by atoms with Crippen LogP contribution in [0.2, 0.25) is 0 Å². The fourth-order valence-electron chi connectivity index (χ4n) is 3.22. The minimum Gasteiger partial charge on any atom is -0.487 e. The number of pyridine rings is 1. The zero-order valence-corrected chi connectivity index (χ0v) is 16.4. The van der Waals surface area contributed by atoms with Gasteiger partial charge in [-0.05, 0) is 55.7 Å². The largest absolute Gasteiger partial charge is 0.487 e. The third kappa shape index (κ3) is 4.34. The number of aromatic nitrogens is 2.